The van der Waals surface area contributed by atoms with Crippen molar-refractivity contribution in [1.29, 1.82) is 0 Å². The van der Waals surface area contributed by atoms with Crippen LogP contribution in [-0.4, -0.2) is 27.8 Å². The largest absolute Gasteiger partial charge is 0.390 e. The molecule has 1 heterocycles. The first kappa shape index (κ1) is 11.0. The minimum absolute atomic E-state index is 0.0425. The standard InChI is InChI=1S/C9H13FN2O2/c10-7-5-12-4-2-6(7)9(14)8(13)1-3-11/h2,4-5,8-9,13-14H,1,3,11H2. The molecule has 0 radical (unpaired) electrons. The summed E-state index contributed by atoms with van der Waals surface area (Å²) in [5, 5.41) is 18.9. The second kappa shape index (κ2) is 4.99. The molecule has 0 amide bonds. The molecule has 1 aromatic rings. The fraction of sp³-hybridized carbons (Fsp3) is 0.444. The number of aliphatic hydroxyl groups is 2. The van der Waals surface area contributed by atoms with Gasteiger partial charge in [-0.25, -0.2) is 4.39 Å². The molecule has 0 aliphatic heterocycles. The van der Waals surface area contributed by atoms with E-state index in [1.165, 1.54) is 12.3 Å². The van der Waals surface area contributed by atoms with Gasteiger partial charge in [0.1, 0.15) is 11.9 Å². The van der Waals surface area contributed by atoms with E-state index >= 15 is 0 Å². The minimum Gasteiger partial charge on any atom is -0.390 e. The molecule has 0 bridgehead atoms. The van der Waals surface area contributed by atoms with E-state index in [9.17, 15) is 14.6 Å². The van der Waals surface area contributed by atoms with E-state index in [1.807, 2.05) is 0 Å². The molecule has 1 aromatic heterocycles. The van der Waals surface area contributed by atoms with E-state index < -0.39 is 18.0 Å². The fourth-order valence-corrected chi connectivity index (χ4v) is 1.16. The number of nitrogens with two attached hydrogens (primary N) is 1. The van der Waals surface area contributed by atoms with Crippen LogP contribution < -0.4 is 5.73 Å². The summed E-state index contributed by atoms with van der Waals surface area (Å²) in [7, 11) is 0. The monoisotopic (exact) mass is 200 g/mol. The van der Waals surface area contributed by atoms with Gasteiger partial charge in [0.05, 0.1) is 12.3 Å². The first-order valence-electron chi connectivity index (χ1n) is 4.32. The highest BCUT2D eigenvalue weighted by Gasteiger charge is 2.20. The van der Waals surface area contributed by atoms with Gasteiger partial charge < -0.3 is 15.9 Å². The topological polar surface area (TPSA) is 79.4 Å². The van der Waals surface area contributed by atoms with Gasteiger partial charge >= 0.3 is 0 Å². The van der Waals surface area contributed by atoms with E-state index in [0.717, 1.165) is 6.20 Å². The maximum Gasteiger partial charge on any atom is 0.147 e. The van der Waals surface area contributed by atoms with E-state index in [4.69, 9.17) is 5.73 Å². The number of hydrogen-bond donors (Lipinski definition) is 3. The van der Waals surface area contributed by atoms with Crippen molar-refractivity contribution in [3.63, 3.8) is 0 Å². The summed E-state index contributed by atoms with van der Waals surface area (Å²) >= 11 is 0. The van der Waals surface area contributed by atoms with Crippen LogP contribution in [0.25, 0.3) is 0 Å². The van der Waals surface area contributed by atoms with E-state index in [-0.39, 0.29) is 18.5 Å². The Labute approximate surface area is 81.2 Å². The lowest BCUT2D eigenvalue weighted by molar-refractivity contribution is 0.0129. The smallest absolute Gasteiger partial charge is 0.147 e. The van der Waals surface area contributed by atoms with Gasteiger partial charge in [0, 0.05) is 11.8 Å². The summed E-state index contributed by atoms with van der Waals surface area (Å²) in [6, 6.07) is 1.33. The third-order valence-corrected chi connectivity index (χ3v) is 1.95. The number of halogens is 1. The predicted molar refractivity (Wildman–Crippen MR) is 48.8 cm³/mol. The Balaban J connectivity index is 2.78. The van der Waals surface area contributed by atoms with Crippen molar-refractivity contribution in [2.24, 2.45) is 5.73 Å². The van der Waals surface area contributed by atoms with Crippen LogP contribution in [0.1, 0.15) is 18.1 Å². The van der Waals surface area contributed by atoms with Crippen LogP contribution >= 0.6 is 0 Å². The lowest BCUT2D eigenvalue weighted by Gasteiger charge is -2.17. The molecule has 0 spiro atoms. The molecule has 0 aliphatic rings. The van der Waals surface area contributed by atoms with Crippen LogP contribution in [0.5, 0.6) is 0 Å². The Kier molecular flexibility index (Phi) is 3.94. The number of hydrogen-bond acceptors (Lipinski definition) is 4. The maximum absolute atomic E-state index is 13.1. The normalized spacial score (nSPS) is 15.1. The van der Waals surface area contributed by atoms with Crippen LogP contribution in [0.15, 0.2) is 18.5 Å². The highest BCUT2D eigenvalue weighted by Crippen LogP contribution is 2.20. The Hall–Kier alpha value is -1.04. The van der Waals surface area contributed by atoms with Crippen LogP contribution in [0.3, 0.4) is 0 Å². The predicted octanol–water partition coefficient (Wildman–Crippen LogP) is -0.0362. The van der Waals surface area contributed by atoms with Crippen molar-refractivity contribution in [3.8, 4) is 0 Å². The molecule has 4 N–H and O–H groups in total. The van der Waals surface area contributed by atoms with Crippen molar-refractivity contribution >= 4 is 0 Å². The molecular weight excluding hydrogens is 187 g/mol. The zero-order valence-electron chi connectivity index (χ0n) is 7.60. The first-order chi connectivity index (χ1) is 6.66. The lowest BCUT2D eigenvalue weighted by atomic mass is 10.0. The molecule has 78 valence electrons. The van der Waals surface area contributed by atoms with Crippen molar-refractivity contribution in [2.45, 2.75) is 18.6 Å². The summed E-state index contributed by atoms with van der Waals surface area (Å²) in [5.41, 5.74) is 5.25. The third-order valence-electron chi connectivity index (χ3n) is 1.95. The Bertz CT molecular complexity index is 296. The lowest BCUT2D eigenvalue weighted by Crippen LogP contribution is -2.22. The number of rotatable bonds is 4. The van der Waals surface area contributed by atoms with Crippen LogP contribution in [0.4, 0.5) is 4.39 Å². The van der Waals surface area contributed by atoms with Gasteiger partial charge in [-0.3, -0.25) is 4.98 Å². The third kappa shape index (κ3) is 2.47. The summed E-state index contributed by atoms with van der Waals surface area (Å²) in [5.74, 6) is -0.629. The molecule has 4 nitrogen and oxygen atoms in total. The van der Waals surface area contributed by atoms with Gasteiger partial charge in [-0.1, -0.05) is 0 Å². The van der Waals surface area contributed by atoms with Crippen molar-refractivity contribution < 1.29 is 14.6 Å². The summed E-state index contributed by atoms with van der Waals surface area (Å²) in [6.45, 7) is 0.241. The number of pyridine rings is 1. The second-order valence-electron chi connectivity index (χ2n) is 2.99. The van der Waals surface area contributed by atoms with Crippen molar-refractivity contribution in [3.05, 3.63) is 29.8 Å². The second-order valence-corrected chi connectivity index (χ2v) is 2.99. The highest BCUT2D eigenvalue weighted by atomic mass is 19.1. The molecule has 0 aliphatic carbocycles. The minimum atomic E-state index is -1.25. The van der Waals surface area contributed by atoms with Gasteiger partial charge in [-0.05, 0) is 19.0 Å². The number of aliphatic hydroxyl groups excluding tert-OH is 2. The molecule has 2 atom stereocenters. The maximum atomic E-state index is 13.1. The van der Waals surface area contributed by atoms with Gasteiger partial charge in [0.2, 0.25) is 0 Å². The zero-order chi connectivity index (χ0) is 10.6. The van der Waals surface area contributed by atoms with Gasteiger partial charge in [0.25, 0.3) is 0 Å². The van der Waals surface area contributed by atoms with Crippen LogP contribution in [-0.2, 0) is 0 Å². The Morgan fingerprint density at radius 2 is 2.21 bits per heavy atom. The van der Waals surface area contributed by atoms with Crippen LogP contribution in [0, 0.1) is 5.82 Å². The Morgan fingerprint density at radius 1 is 1.50 bits per heavy atom. The Morgan fingerprint density at radius 3 is 2.79 bits per heavy atom. The molecule has 0 fully saturated rings. The first-order valence-corrected chi connectivity index (χ1v) is 4.32. The molecule has 2 unspecified atom stereocenters. The molecule has 0 saturated carbocycles. The van der Waals surface area contributed by atoms with Gasteiger partial charge in [0.15, 0.2) is 0 Å². The van der Waals surface area contributed by atoms with Crippen molar-refractivity contribution in [1.82, 2.24) is 4.98 Å². The molecule has 14 heavy (non-hydrogen) atoms. The zero-order valence-corrected chi connectivity index (χ0v) is 7.60. The summed E-state index contributed by atoms with van der Waals surface area (Å²) in [6.07, 6.45) is 0.284. The summed E-state index contributed by atoms with van der Waals surface area (Å²) in [4.78, 5) is 3.54. The number of aromatic nitrogens is 1. The van der Waals surface area contributed by atoms with Crippen molar-refractivity contribution in [2.75, 3.05) is 6.54 Å². The highest BCUT2D eigenvalue weighted by molar-refractivity contribution is 5.16. The van der Waals surface area contributed by atoms with E-state index in [1.54, 1.807) is 0 Å². The number of nitrogens with zero attached hydrogens (tertiary/aromatic N) is 1. The van der Waals surface area contributed by atoms with Gasteiger partial charge in [-0.2, -0.15) is 0 Å². The van der Waals surface area contributed by atoms with Gasteiger partial charge in [-0.15, -0.1) is 0 Å². The summed E-state index contributed by atoms with van der Waals surface area (Å²) < 4.78 is 13.1. The van der Waals surface area contributed by atoms with E-state index in [2.05, 4.69) is 4.98 Å². The molecule has 5 heteroatoms. The molecule has 0 aromatic carbocycles. The molecule has 0 saturated heterocycles. The quantitative estimate of drug-likeness (QED) is 0.637. The van der Waals surface area contributed by atoms with E-state index in [0.29, 0.717) is 0 Å². The van der Waals surface area contributed by atoms with Crippen LogP contribution in [0.2, 0.25) is 0 Å². The molecule has 1 rings (SSSR count). The average Bonchev–Trinajstić information content (AvgIpc) is 2.18. The fourth-order valence-electron chi connectivity index (χ4n) is 1.16. The molecular formula is C9H13FN2O2. The average molecular weight is 200 g/mol. The SMILES string of the molecule is NCCC(O)C(O)c1ccncc1F.